The molecular weight excluding hydrogens is 376 g/mol. The second-order valence-electron chi connectivity index (χ2n) is 8.98. The predicted molar refractivity (Wildman–Crippen MR) is 135 cm³/mol. The lowest BCUT2D eigenvalue weighted by atomic mass is 9.96. The third-order valence-corrected chi connectivity index (χ3v) is 6.74. The summed E-state index contributed by atoms with van der Waals surface area (Å²) in [5.41, 5.74) is 3.40. The Bertz CT molecular complexity index is 1320. The lowest BCUT2D eigenvalue weighted by molar-refractivity contribution is 0.575. The molecule has 0 aliphatic carbocycles. The number of hydrogen-bond acceptors (Lipinski definition) is 1. The van der Waals surface area contributed by atoms with Gasteiger partial charge in [0.15, 0.2) is 0 Å². The van der Waals surface area contributed by atoms with Crippen LogP contribution in [0.3, 0.4) is 0 Å². The molecule has 31 heavy (non-hydrogen) atoms. The number of fused-ring (bicyclic) bond motifs is 7. The first-order valence-electron chi connectivity index (χ1n) is 12.1. The molecule has 0 amide bonds. The Morgan fingerprint density at radius 3 is 2.19 bits per heavy atom. The molecule has 0 radical (unpaired) electrons. The minimum absolute atomic E-state index is 0.964. The van der Waals surface area contributed by atoms with Gasteiger partial charge < -0.3 is 4.42 Å². The molecule has 0 fully saturated rings. The molecule has 5 rings (SSSR count). The highest BCUT2D eigenvalue weighted by molar-refractivity contribution is 6.23. The minimum atomic E-state index is 0.964. The van der Waals surface area contributed by atoms with Crippen molar-refractivity contribution >= 4 is 43.5 Å². The van der Waals surface area contributed by atoms with E-state index in [1.165, 1.54) is 95.7 Å². The number of unbranched alkanes of at least 4 members (excludes halogenated alkanes) is 7. The van der Waals surface area contributed by atoms with E-state index in [0.29, 0.717) is 0 Å². The second-order valence-corrected chi connectivity index (χ2v) is 8.98. The van der Waals surface area contributed by atoms with Crippen LogP contribution in [-0.4, -0.2) is 0 Å². The zero-order valence-corrected chi connectivity index (χ0v) is 18.6. The number of hydrogen-bond donors (Lipinski definition) is 0. The van der Waals surface area contributed by atoms with Gasteiger partial charge in [-0.1, -0.05) is 106 Å². The van der Waals surface area contributed by atoms with Crippen molar-refractivity contribution in [3.05, 3.63) is 72.3 Å². The fourth-order valence-electron chi connectivity index (χ4n) is 5.04. The average molecular weight is 409 g/mol. The van der Waals surface area contributed by atoms with Gasteiger partial charge in [0.05, 0.1) is 0 Å². The van der Waals surface area contributed by atoms with E-state index >= 15 is 0 Å². The maximum absolute atomic E-state index is 6.08. The fraction of sp³-hybridized carbons (Fsp3) is 0.333. The number of furan rings is 1. The van der Waals surface area contributed by atoms with Crippen molar-refractivity contribution in [1.82, 2.24) is 0 Å². The summed E-state index contributed by atoms with van der Waals surface area (Å²) in [7, 11) is 0. The van der Waals surface area contributed by atoms with Crippen molar-refractivity contribution in [1.29, 1.82) is 0 Å². The first kappa shape index (κ1) is 20.1. The number of benzene rings is 4. The summed E-state index contributed by atoms with van der Waals surface area (Å²) in [6.45, 7) is 2.28. The number of aryl methyl sites for hydroxylation is 1. The Kier molecular flexibility index (Phi) is 5.93. The molecule has 5 aromatic rings. The Hall–Kier alpha value is -2.80. The van der Waals surface area contributed by atoms with Crippen LogP contribution in [-0.2, 0) is 6.42 Å². The van der Waals surface area contributed by atoms with Crippen LogP contribution in [0.15, 0.2) is 71.1 Å². The van der Waals surface area contributed by atoms with Crippen molar-refractivity contribution < 1.29 is 4.42 Å². The van der Waals surface area contributed by atoms with Crippen molar-refractivity contribution in [2.24, 2.45) is 0 Å². The summed E-state index contributed by atoms with van der Waals surface area (Å²) in [6.07, 6.45) is 12.2. The third kappa shape index (κ3) is 4.06. The first-order valence-corrected chi connectivity index (χ1v) is 12.1. The normalized spacial score (nSPS) is 11.9. The van der Waals surface area contributed by atoms with E-state index in [-0.39, 0.29) is 0 Å². The summed E-state index contributed by atoms with van der Waals surface area (Å²) in [6, 6.07) is 24.3. The summed E-state index contributed by atoms with van der Waals surface area (Å²) in [4.78, 5) is 0. The maximum atomic E-state index is 6.08. The molecule has 0 aliphatic heterocycles. The van der Waals surface area contributed by atoms with Crippen molar-refractivity contribution in [2.45, 2.75) is 64.7 Å². The standard InChI is InChI=1S/C30H32O/c1-2-3-4-5-6-7-8-9-12-22-15-17-24-23(21-22)16-18-26-25(24)19-20-29-30(26)27-13-10-11-14-28(27)31-29/h10-11,13-21H,2-9,12H2,1H3. The summed E-state index contributed by atoms with van der Waals surface area (Å²) < 4.78 is 6.08. The molecule has 0 bridgehead atoms. The molecule has 1 aromatic heterocycles. The van der Waals surface area contributed by atoms with Crippen molar-refractivity contribution in [2.75, 3.05) is 0 Å². The molecule has 0 saturated carbocycles. The van der Waals surface area contributed by atoms with Crippen molar-refractivity contribution in [3.8, 4) is 0 Å². The Labute approximate surface area is 185 Å². The lowest BCUT2D eigenvalue weighted by Crippen LogP contribution is -1.88. The van der Waals surface area contributed by atoms with Gasteiger partial charge in [0, 0.05) is 10.8 Å². The monoisotopic (exact) mass is 408 g/mol. The molecule has 0 saturated heterocycles. The van der Waals surface area contributed by atoms with E-state index in [0.717, 1.165) is 11.2 Å². The van der Waals surface area contributed by atoms with Crippen LogP contribution < -0.4 is 0 Å². The lowest BCUT2D eigenvalue weighted by Gasteiger charge is -2.08. The zero-order valence-electron chi connectivity index (χ0n) is 18.6. The molecule has 0 unspecified atom stereocenters. The van der Waals surface area contributed by atoms with E-state index in [9.17, 15) is 0 Å². The SMILES string of the molecule is CCCCCCCCCCc1ccc2c(ccc3c2ccc2oc4ccccc4c23)c1. The van der Waals surface area contributed by atoms with Crippen LogP contribution in [0, 0.1) is 0 Å². The Balaban J connectivity index is 1.36. The van der Waals surface area contributed by atoms with Crippen molar-refractivity contribution in [3.63, 3.8) is 0 Å². The maximum Gasteiger partial charge on any atom is 0.136 e. The third-order valence-electron chi connectivity index (χ3n) is 6.74. The number of rotatable bonds is 9. The first-order chi connectivity index (χ1) is 15.3. The van der Waals surface area contributed by atoms with Crippen LogP contribution in [0.25, 0.3) is 43.5 Å². The topological polar surface area (TPSA) is 13.1 Å². The molecule has 0 spiro atoms. The summed E-state index contributed by atoms with van der Waals surface area (Å²) in [5.74, 6) is 0. The van der Waals surface area contributed by atoms with Crippen LogP contribution >= 0.6 is 0 Å². The zero-order chi connectivity index (χ0) is 21.0. The van der Waals surface area contributed by atoms with Gasteiger partial charge in [-0.25, -0.2) is 0 Å². The highest BCUT2D eigenvalue weighted by Gasteiger charge is 2.11. The predicted octanol–water partition coefficient (Wildman–Crippen LogP) is 9.58. The van der Waals surface area contributed by atoms with E-state index in [1.807, 2.05) is 6.07 Å². The van der Waals surface area contributed by atoms with Crippen LogP contribution in [0.4, 0.5) is 0 Å². The van der Waals surface area contributed by atoms with Gasteiger partial charge in [-0.05, 0) is 52.1 Å². The van der Waals surface area contributed by atoms with E-state index in [2.05, 4.69) is 67.6 Å². The minimum Gasteiger partial charge on any atom is -0.456 e. The smallest absolute Gasteiger partial charge is 0.136 e. The highest BCUT2D eigenvalue weighted by Crippen LogP contribution is 2.37. The van der Waals surface area contributed by atoms with Gasteiger partial charge in [0.2, 0.25) is 0 Å². The Morgan fingerprint density at radius 1 is 0.581 bits per heavy atom. The molecule has 0 N–H and O–H groups in total. The summed E-state index contributed by atoms with van der Waals surface area (Å²) >= 11 is 0. The quantitative estimate of drug-likeness (QED) is 0.175. The van der Waals surface area contributed by atoms with Crippen LogP contribution in [0.2, 0.25) is 0 Å². The van der Waals surface area contributed by atoms with Gasteiger partial charge in [-0.15, -0.1) is 0 Å². The van der Waals surface area contributed by atoms with E-state index in [1.54, 1.807) is 0 Å². The molecule has 1 heterocycles. The summed E-state index contributed by atoms with van der Waals surface area (Å²) in [5, 5.41) is 7.72. The molecule has 1 nitrogen and oxygen atoms in total. The molecular formula is C30H32O. The van der Waals surface area contributed by atoms with Crippen LogP contribution in [0.5, 0.6) is 0 Å². The largest absolute Gasteiger partial charge is 0.456 e. The fourth-order valence-corrected chi connectivity index (χ4v) is 5.04. The molecule has 158 valence electrons. The van der Waals surface area contributed by atoms with Gasteiger partial charge in [-0.2, -0.15) is 0 Å². The van der Waals surface area contributed by atoms with Gasteiger partial charge >= 0.3 is 0 Å². The molecule has 0 atom stereocenters. The molecule has 1 heteroatoms. The van der Waals surface area contributed by atoms with Crippen LogP contribution in [0.1, 0.15) is 63.9 Å². The number of para-hydroxylation sites is 1. The van der Waals surface area contributed by atoms with Gasteiger partial charge in [0.25, 0.3) is 0 Å². The van der Waals surface area contributed by atoms with Gasteiger partial charge in [0.1, 0.15) is 11.2 Å². The second kappa shape index (κ2) is 9.14. The van der Waals surface area contributed by atoms with Gasteiger partial charge in [-0.3, -0.25) is 0 Å². The average Bonchev–Trinajstić information content (AvgIpc) is 3.19. The molecule has 4 aromatic carbocycles. The van der Waals surface area contributed by atoms with E-state index < -0.39 is 0 Å². The Morgan fingerprint density at radius 2 is 1.32 bits per heavy atom. The highest BCUT2D eigenvalue weighted by atomic mass is 16.3. The van der Waals surface area contributed by atoms with E-state index in [4.69, 9.17) is 4.42 Å². The molecule has 0 aliphatic rings.